The molecule has 0 fully saturated rings. The molecular formula is C22H36N6. The topological polar surface area (TPSA) is 57.5 Å². The fraction of sp³-hybridized carbons (Fsp3) is 0.545. The molecular weight excluding hydrogens is 348 g/mol. The molecule has 0 saturated carbocycles. The van der Waals surface area contributed by atoms with Gasteiger partial charge in [0.15, 0.2) is 5.96 Å². The van der Waals surface area contributed by atoms with Crippen LogP contribution in [0, 0.1) is 13.8 Å². The van der Waals surface area contributed by atoms with E-state index in [9.17, 15) is 0 Å². The zero-order valence-corrected chi connectivity index (χ0v) is 18.5. The van der Waals surface area contributed by atoms with Crippen LogP contribution in [-0.2, 0) is 20.0 Å². The Hall–Kier alpha value is -2.34. The van der Waals surface area contributed by atoms with E-state index >= 15 is 0 Å². The van der Waals surface area contributed by atoms with Gasteiger partial charge in [0, 0.05) is 45.0 Å². The van der Waals surface area contributed by atoms with Crippen LogP contribution in [0.1, 0.15) is 36.4 Å². The molecule has 0 amide bonds. The van der Waals surface area contributed by atoms with Crippen molar-refractivity contribution < 1.29 is 0 Å². The number of guanidine groups is 1. The van der Waals surface area contributed by atoms with Crippen LogP contribution in [0.4, 0.5) is 0 Å². The van der Waals surface area contributed by atoms with Crippen molar-refractivity contribution in [2.45, 2.75) is 52.7 Å². The first kappa shape index (κ1) is 22.0. The van der Waals surface area contributed by atoms with Crippen LogP contribution in [0.3, 0.4) is 0 Å². The Morgan fingerprint density at radius 1 is 1.21 bits per heavy atom. The summed E-state index contributed by atoms with van der Waals surface area (Å²) in [4.78, 5) is 6.74. The Kier molecular flexibility index (Phi) is 8.05. The van der Waals surface area contributed by atoms with Gasteiger partial charge in [-0.3, -0.25) is 14.6 Å². The molecule has 154 valence electrons. The molecule has 0 aliphatic rings. The standard InChI is InChI=1S/C22H36N6/c1-16(13-21-18(3)26-28(7)19(21)4)25-22(23-5)24-14-17(2)27(6)15-20-11-9-8-10-12-20/h8-12,16-17H,13-15H2,1-7H3,(H2,23,24,25). The summed E-state index contributed by atoms with van der Waals surface area (Å²) >= 11 is 0. The molecule has 0 aliphatic carbocycles. The maximum atomic E-state index is 4.51. The van der Waals surface area contributed by atoms with E-state index in [0.29, 0.717) is 6.04 Å². The average molecular weight is 385 g/mol. The highest BCUT2D eigenvalue weighted by Crippen LogP contribution is 2.14. The Morgan fingerprint density at radius 3 is 2.46 bits per heavy atom. The van der Waals surface area contributed by atoms with Gasteiger partial charge in [0.2, 0.25) is 0 Å². The Labute approximate surface area is 170 Å². The highest BCUT2D eigenvalue weighted by molar-refractivity contribution is 5.80. The minimum Gasteiger partial charge on any atom is -0.355 e. The maximum Gasteiger partial charge on any atom is 0.191 e. The van der Waals surface area contributed by atoms with E-state index in [1.807, 2.05) is 18.8 Å². The molecule has 2 N–H and O–H groups in total. The summed E-state index contributed by atoms with van der Waals surface area (Å²) in [6.07, 6.45) is 0.926. The van der Waals surface area contributed by atoms with Gasteiger partial charge >= 0.3 is 0 Å². The molecule has 2 unspecified atom stereocenters. The van der Waals surface area contributed by atoms with Gasteiger partial charge in [-0.1, -0.05) is 30.3 Å². The van der Waals surface area contributed by atoms with E-state index in [2.05, 4.69) is 90.7 Å². The SMILES string of the molecule is CN=C(NCC(C)N(C)Cc1ccccc1)NC(C)Cc1c(C)nn(C)c1C. The first-order valence-corrected chi connectivity index (χ1v) is 10.0. The van der Waals surface area contributed by atoms with E-state index in [0.717, 1.165) is 31.2 Å². The van der Waals surface area contributed by atoms with Gasteiger partial charge in [0.05, 0.1) is 5.69 Å². The van der Waals surface area contributed by atoms with Crippen LogP contribution in [0.25, 0.3) is 0 Å². The Bertz CT molecular complexity index is 765. The molecule has 1 heterocycles. The van der Waals surface area contributed by atoms with E-state index in [1.54, 1.807) is 0 Å². The Balaban J connectivity index is 1.83. The molecule has 2 rings (SSSR count). The summed E-state index contributed by atoms with van der Waals surface area (Å²) in [7, 11) is 5.98. The Morgan fingerprint density at radius 2 is 1.89 bits per heavy atom. The van der Waals surface area contributed by atoms with E-state index < -0.39 is 0 Å². The summed E-state index contributed by atoms with van der Waals surface area (Å²) in [5, 5.41) is 11.5. The summed E-state index contributed by atoms with van der Waals surface area (Å²) in [6.45, 7) is 10.4. The van der Waals surface area contributed by atoms with Crippen molar-refractivity contribution in [2.24, 2.45) is 12.0 Å². The summed E-state index contributed by atoms with van der Waals surface area (Å²) in [5.41, 5.74) is 4.97. The minimum atomic E-state index is 0.269. The number of rotatable bonds is 8. The van der Waals surface area contributed by atoms with Crippen molar-refractivity contribution in [3.05, 3.63) is 52.8 Å². The van der Waals surface area contributed by atoms with Gasteiger partial charge in [-0.2, -0.15) is 5.10 Å². The smallest absolute Gasteiger partial charge is 0.191 e. The van der Waals surface area contributed by atoms with Gasteiger partial charge in [-0.25, -0.2) is 0 Å². The van der Waals surface area contributed by atoms with E-state index in [-0.39, 0.29) is 6.04 Å². The second-order valence-corrected chi connectivity index (χ2v) is 7.73. The highest BCUT2D eigenvalue weighted by Gasteiger charge is 2.15. The molecule has 1 aromatic heterocycles. The number of nitrogens with one attached hydrogen (secondary N) is 2. The van der Waals surface area contributed by atoms with Crippen molar-refractivity contribution in [2.75, 3.05) is 20.6 Å². The largest absolute Gasteiger partial charge is 0.355 e. The molecule has 2 aromatic rings. The minimum absolute atomic E-state index is 0.269. The molecule has 6 nitrogen and oxygen atoms in total. The average Bonchev–Trinajstić information content (AvgIpc) is 2.91. The summed E-state index contributed by atoms with van der Waals surface area (Å²) in [5.74, 6) is 0.839. The molecule has 2 atom stereocenters. The molecule has 28 heavy (non-hydrogen) atoms. The van der Waals surface area contributed by atoms with Crippen LogP contribution in [0.5, 0.6) is 0 Å². The number of nitrogens with zero attached hydrogens (tertiary/aromatic N) is 4. The first-order chi connectivity index (χ1) is 13.3. The number of aliphatic imine (C=N–C) groups is 1. The lowest BCUT2D eigenvalue weighted by atomic mass is 10.1. The van der Waals surface area contributed by atoms with Crippen LogP contribution in [-0.4, -0.2) is 53.4 Å². The number of likely N-dealkylation sites (N-methyl/N-ethyl adjacent to an activating group) is 1. The quantitative estimate of drug-likeness (QED) is 0.543. The number of hydrogen-bond acceptors (Lipinski definition) is 3. The third-order valence-electron chi connectivity index (χ3n) is 5.37. The van der Waals surface area contributed by atoms with E-state index in [1.165, 1.54) is 16.8 Å². The van der Waals surface area contributed by atoms with Crippen molar-refractivity contribution in [1.82, 2.24) is 25.3 Å². The molecule has 0 bridgehead atoms. The fourth-order valence-corrected chi connectivity index (χ4v) is 3.33. The molecule has 0 spiro atoms. The second-order valence-electron chi connectivity index (χ2n) is 7.73. The van der Waals surface area contributed by atoms with Gasteiger partial charge < -0.3 is 10.6 Å². The third kappa shape index (κ3) is 6.09. The van der Waals surface area contributed by atoms with Gasteiger partial charge in [0.25, 0.3) is 0 Å². The van der Waals surface area contributed by atoms with Crippen molar-refractivity contribution in [3.8, 4) is 0 Å². The predicted octanol–water partition coefficient (Wildman–Crippen LogP) is 2.65. The van der Waals surface area contributed by atoms with Crippen molar-refractivity contribution in [3.63, 3.8) is 0 Å². The fourth-order valence-electron chi connectivity index (χ4n) is 3.33. The van der Waals surface area contributed by atoms with Crippen molar-refractivity contribution >= 4 is 5.96 Å². The van der Waals surface area contributed by atoms with Crippen LogP contribution in [0.15, 0.2) is 35.3 Å². The number of hydrogen-bond donors (Lipinski definition) is 2. The molecule has 0 saturated heterocycles. The van der Waals surface area contributed by atoms with Crippen LogP contribution >= 0.6 is 0 Å². The molecule has 0 aliphatic heterocycles. The van der Waals surface area contributed by atoms with Gasteiger partial charge in [0.1, 0.15) is 0 Å². The first-order valence-electron chi connectivity index (χ1n) is 10.0. The van der Waals surface area contributed by atoms with Crippen molar-refractivity contribution in [1.29, 1.82) is 0 Å². The lowest BCUT2D eigenvalue weighted by molar-refractivity contribution is 0.249. The number of aromatic nitrogens is 2. The summed E-state index contributed by atoms with van der Waals surface area (Å²) < 4.78 is 1.95. The van der Waals surface area contributed by atoms with Gasteiger partial charge in [-0.15, -0.1) is 0 Å². The molecule has 6 heteroatoms. The number of benzene rings is 1. The number of aryl methyl sites for hydroxylation is 2. The molecule has 0 radical (unpaired) electrons. The second kappa shape index (κ2) is 10.3. The van der Waals surface area contributed by atoms with Gasteiger partial charge in [-0.05, 0) is 52.3 Å². The normalized spacial score (nSPS) is 14.2. The maximum absolute atomic E-state index is 4.51. The third-order valence-corrected chi connectivity index (χ3v) is 5.37. The highest BCUT2D eigenvalue weighted by atomic mass is 15.3. The van der Waals surface area contributed by atoms with Crippen LogP contribution in [0.2, 0.25) is 0 Å². The predicted molar refractivity (Wildman–Crippen MR) is 118 cm³/mol. The lowest BCUT2D eigenvalue weighted by Gasteiger charge is -2.26. The zero-order valence-electron chi connectivity index (χ0n) is 18.5. The summed E-state index contributed by atoms with van der Waals surface area (Å²) in [6, 6.07) is 11.2. The van der Waals surface area contributed by atoms with E-state index in [4.69, 9.17) is 0 Å². The monoisotopic (exact) mass is 384 g/mol. The van der Waals surface area contributed by atoms with Crippen LogP contribution < -0.4 is 10.6 Å². The lowest BCUT2D eigenvalue weighted by Crippen LogP contribution is -2.47. The molecule has 1 aromatic carbocycles. The zero-order chi connectivity index (χ0) is 20.7.